The summed E-state index contributed by atoms with van der Waals surface area (Å²) in [6.07, 6.45) is 2.98. The second kappa shape index (κ2) is 10.7. The number of pyridine rings is 1. The molecule has 2 aromatic heterocycles. The van der Waals surface area contributed by atoms with Gasteiger partial charge in [-0.15, -0.1) is 0 Å². The van der Waals surface area contributed by atoms with E-state index in [0.29, 0.717) is 6.61 Å². The first-order valence-electron chi connectivity index (χ1n) is 11.5. The first kappa shape index (κ1) is 23.2. The lowest BCUT2D eigenvalue weighted by Gasteiger charge is -2.28. The van der Waals surface area contributed by atoms with Crippen LogP contribution in [-0.4, -0.2) is 77.6 Å². The number of ether oxygens (including phenoxy) is 2. The van der Waals surface area contributed by atoms with Crippen LogP contribution in [0.2, 0.25) is 0 Å². The molecule has 8 heteroatoms. The lowest BCUT2D eigenvalue weighted by Crippen LogP contribution is -2.37. The number of nitrogens with zero attached hydrogens (tertiary/aromatic N) is 4. The summed E-state index contributed by atoms with van der Waals surface area (Å²) in [6.45, 7) is 11.7. The minimum atomic E-state index is 0.0165. The molecule has 2 aromatic rings. The van der Waals surface area contributed by atoms with Crippen molar-refractivity contribution in [2.75, 3.05) is 53.1 Å². The zero-order valence-electron chi connectivity index (χ0n) is 19.4. The third-order valence-electron chi connectivity index (χ3n) is 6.63. The monoisotopic (exact) mass is 457 g/mol. The Labute approximate surface area is 196 Å². The van der Waals surface area contributed by atoms with Crippen molar-refractivity contribution in [3.8, 4) is 0 Å². The Morgan fingerprint density at radius 3 is 2.72 bits per heavy atom. The number of hydrogen-bond donors (Lipinski definition) is 1. The topological polar surface area (TPSA) is 54.8 Å². The van der Waals surface area contributed by atoms with E-state index < -0.39 is 0 Å². The van der Waals surface area contributed by atoms with Crippen LogP contribution in [0.4, 0.5) is 0 Å². The van der Waals surface area contributed by atoms with Gasteiger partial charge in [0, 0.05) is 57.4 Å². The molecule has 174 valence electrons. The van der Waals surface area contributed by atoms with Gasteiger partial charge in [0.15, 0.2) is 5.11 Å². The van der Waals surface area contributed by atoms with Gasteiger partial charge >= 0.3 is 0 Å². The molecule has 0 saturated carbocycles. The molecule has 0 unspecified atom stereocenters. The van der Waals surface area contributed by atoms with Gasteiger partial charge in [-0.1, -0.05) is 6.07 Å². The SMILES string of the molecule is COCCN1C(=S)N[C@@H](c2ccccn2)[C@@H]1c1cc(C)n(CCCN2CCOCC2)c1C. The third-order valence-corrected chi connectivity index (χ3v) is 6.98. The van der Waals surface area contributed by atoms with Gasteiger partial charge < -0.3 is 24.3 Å². The van der Waals surface area contributed by atoms with Crippen molar-refractivity contribution in [2.45, 2.75) is 38.9 Å². The average molecular weight is 458 g/mol. The summed E-state index contributed by atoms with van der Waals surface area (Å²) in [7, 11) is 1.73. The molecule has 0 spiro atoms. The highest BCUT2D eigenvalue weighted by molar-refractivity contribution is 7.80. The fraction of sp³-hybridized carbons (Fsp3) is 0.583. The maximum atomic E-state index is 5.74. The van der Waals surface area contributed by atoms with Crippen LogP contribution in [0.3, 0.4) is 0 Å². The van der Waals surface area contributed by atoms with Crippen molar-refractivity contribution < 1.29 is 9.47 Å². The molecular weight excluding hydrogens is 422 g/mol. The standard InChI is InChI=1S/C24H35N5O2S/c1-18-17-20(19(2)28(18)10-6-9-27-11-15-31-16-12-27)23-22(21-7-4-5-8-25-21)26-24(32)29(23)13-14-30-3/h4-5,7-8,17,22-23H,6,9-16H2,1-3H3,(H,26,32)/t22-,23-/m0/s1. The largest absolute Gasteiger partial charge is 0.383 e. The van der Waals surface area contributed by atoms with Gasteiger partial charge in [-0.2, -0.15) is 0 Å². The predicted octanol–water partition coefficient (Wildman–Crippen LogP) is 2.84. The van der Waals surface area contributed by atoms with Crippen molar-refractivity contribution in [1.29, 1.82) is 0 Å². The quantitative estimate of drug-likeness (QED) is 0.581. The Morgan fingerprint density at radius 1 is 1.19 bits per heavy atom. The molecule has 4 rings (SSSR count). The summed E-state index contributed by atoms with van der Waals surface area (Å²) in [5, 5.41) is 4.30. The number of aromatic nitrogens is 2. The van der Waals surface area contributed by atoms with E-state index in [-0.39, 0.29) is 12.1 Å². The molecule has 2 aliphatic rings. The fourth-order valence-corrected chi connectivity index (χ4v) is 5.25. The molecule has 2 saturated heterocycles. The number of nitrogens with one attached hydrogen (secondary N) is 1. The lowest BCUT2D eigenvalue weighted by molar-refractivity contribution is 0.0369. The lowest BCUT2D eigenvalue weighted by atomic mass is 9.97. The molecule has 2 atom stereocenters. The Hall–Kier alpha value is -2.00. The normalized spacial score (nSPS) is 21.8. The maximum Gasteiger partial charge on any atom is 0.170 e. The van der Waals surface area contributed by atoms with Crippen LogP contribution in [0, 0.1) is 13.8 Å². The number of hydrogen-bond acceptors (Lipinski definition) is 5. The number of morpholine rings is 1. The fourth-order valence-electron chi connectivity index (χ4n) is 4.92. The van der Waals surface area contributed by atoms with Crippen molar-refractivity contribution >= 4 is 17.3 Å². The van der Waals surface area contributed by atoms with Gasteiger partial charge in [0.25, 0.3) is 0 Å². The molecule has 0 radical (unpaired) electrons. The molecule has 2 aliphatic heterocycles. The summed E-state index contributed by atoms with van der Waals surface area (Å²) in [4.78, 5) is 9.41. The van der Waals surface area contributed by atoms with E-state index in [1.54, 1.807) is 7.11 Å². The second-order valence-corrected chi connectivity index (χ2v) is 8.99. The molecule has 4 heterocycles. The van der Waals surface area contributed by atoms with E-state index in [9.17, 15) is 0 Å². The van der Waals surface area contributed by atoms with E-state index in [2.05, 4.69) is 50.6 Å². The van der Waals surface area contributed by atoms with Crippen LogP contribution in [0.25, 0.3) is 0 Å². The number of rotatable bonds is 9. The van der Waals surface area contributed by atoms with Crippen LogP contribution in [0.15, 0.2) is 30.5 Å². The van der Waals surface area contributed by atoms with E-state index in [4.69, 9.17) is 21.7 Å². The molecule has 0 aromatic carbocycles. The number of thiocarbonyl (C=S) groups is 1. The zero-order valence-corrected chi connectivity index (χ0v) is 20.2. The van der Waals surface area contributed by atoms with Crippen LogP contribution in [0.1, 0.15) is 41.1 Å². The van der Waals surface area contributed by atoms with Crippen LogP contribution in [-0.2, 0) is 16.0 Å². The van der Waals surface area contributed by atoms with Gasteiger partial charge in [-0.3, -0.25) is 9.88 Å². The summed E-state index contributed by atoms with van der Waals surface area (Å²) in [5.74, 6) is 0. The molecular formula is C24H35N5O2S. The third kappa shape index (κ3) is 4.98. The van der Waals surface area contributed by atoms with Gasteiger partial charge in [-0.25, -0.2) is 0 Å². The molecule has 0 bridgehead atoms. The van der Waals surface area contributed by atoms with Crippen molar-refractivity contribution in [3.05, 3.63) is 53.1 Å². The molecule has 0 amide bonds. The molecule has 1 N–H and O–H groups in total. The van der Waals surface area contributed by atoms with Crippen molar-refractivity contribution in [2.24, 2.45) is 0 Å². The minimum absolute atomic E-state index is 0.0165. The molecule has 0 aliphatic carbocycles. The van der Waals surface area contributed by atoms with Gasteiger partial charge in [0.05, 0.1) is 37.6 Å². The van der Waals surface area contributed by atoms with E-state index in [1.165, 1.54) is 17.0 Å². The maximum absolute atomic E-state index is 5.74. The second-order valence-electron chi connectivity index (χ2n) is 8.60. The highest BCUT2D eigenvalue weighted by atomic mass is 32.1. The van der Waals surface area contributed by atoms with Crippen LogP contribution < -0.4 is 5.32 Å². The highest BCUT2D eigenvalue weighted by Crippen LogP contribution is 2.40. The van der Waals surface area contributed by atoms with Gasteiger partial charge in [-0.05, 0) is 56.2 Å². The average Bonchev–Trinajstić information content (AvgIpc) is 3.29. The molecule has 7 nitrogen and oxygen atoms in total. The van der Waals surface area contributed by atoms with Gasteiger partial charge in [0.2, 0.25) is 0 Å². The molecule has 32 heavy (non-hydrogen) atoms. The first-order valence-corrected chi connectivity index (χ1v) is 11.9. The molecule has 2 fully saturated rings. The predicted molar refractivity (Wildman–Crippen MR) is 130 cm³/mol. The van der Waals surface area contributed by atoms with E-state index in [0.717, 1.165) is 63.2 Å². The minimum Gasteiger partial charge on any atom is -0.383 e. The Morgan fingerprint density at radius 2 is 2.00 bits per heavy atom. The summed E-state index contributed by atoms with van der Waals surface area (Å²) in [5.41, 5.74) is 4.93. The van der Waals surface area contributed by atoms with Crippen LogP contribution in [0.5, 0.6) is 0 Å². The summed E-state index contributed by atoms with van der Waals surface area (Å²) >= 11 is 5.74. The van der Waals surface area contributed by atoms with Crippen molar-refractivity contribution in [3.63, 3.8) is 0 Å². The first-order chi connectivity index (χ1) is 15.6. The van der Waals surface area contributed by atoms with E-state index in [1.807, 2.05) is 18.3 Å². The summed E-state index contributed by atoms with van der Waals surface area (Å²) < 4.78 is 13.3. The van der Waals surface area contributed by atoms with Crippen LogP contribution >= 0.6 is 12.2 Å². The highest BCUT2D eigenvalue weighted by Gasteiger charge is 2.41. The Balaban J connectivity index is 1.56. The van der Waals surface area contributed by atoms with Crippen molar-refractivity contribution in [1.82, 2.24) is 24.7 Å². The zero-order chi connectivity index (χ0) is 22.5. The van der Waals surface area contributed by atoms with Gasteiger partial charge in [0.1, 0.15) is 0 Å². The number of aryl methyl sites for hydroxylation is 1. The summed E-state index contributed by atoms with van der Waals surface area (Å²) in [6, 6.07) is 8.51. The number of methoxy groups -OCH3 is 1. The Kier molecular flexibility index (Phi) is 7.78. The smallest absolute Gasteiger partial charge is 0.170 e. The van der Waals surface area contributed by atoms with E-state index >= 15 is 0 Å². The Bertz CT molecular complexity index is 897.